The molecular formula is C18H18. The predicted molar refractivity (Wildman–Crippen MR) is 80.3 cm³/mol. The van der Waals surface area contributed by atoms with E-state index in [0.29, 0.717) is 0 Å². The maximum atomic E-state index is 2.15. The molecule has 0 aliphatic heterocycles. The van der Waals surface area contributed by atoms with Crippen LogP contribution in [0.25, 0.3) is 11.6 Å². The largest absolute Gasteiger partial charge is 0.0622 e. The Hall–Kier alpha value is -2.08. The molecule has 0 atom stereocenters. The first-order valence-electron chi connectivity index (χ1n) is 6.23. The fourth-order valence-corrected chi connectivity index (χ4v) is 1.78. The topological polar surface area (TPSA) is 0 Å². The van der Waals surface area contributed by atoms with Gasteiger partial charge < -0.3 is 0 Å². The fraction of sp³-hybridized carbons (Fsp3) is 0.111. The molecule has 0 aliphatic rings. The van der Waals surface area contributed by atoms with Crippen LogP contribution in [0, 0.1) is 6.92 Å². The van der Waals surface area contributed by atoms with Crippen molar-refractivity contribution >= 4 is 11.6 Å². The van der Waals surface area contributed by atoms with Crippen LogP contribution in [0.1, 0.15) is 23.6 Å². The van der Waals surface area contributed by atoms with Crippen molar-refractivity contribution in [3.63, 3.8) is 0 Å². The molecule has 0 saturated carbocycles. The average Bonchev–Trinajstić information content (AvgIpc) is 2.42. The molecule has 2 rings (SSSR count). The Kier molecular flexibility index (Phi) is 4.14. The standard InChI is InChI=1S/C18H18/c1-15-11-13-17(14-12-15)8-6-7-16(2)18-9-4-3-5-10-18/h3-14H,1-2H3. The van der Waals surface area contributed by atoms with Gasteiger partial charge in [-0.3, -0.25) is 0 Å². The number of allylic oxidation sites excluding steroid dienone is 3. The van der Waals surface area contributed by atoms with Gasteiger partial charge in [0.05, 0.1) is 0 Å². The molecule has 0 fully saturated rings. The Balaban J connectivity index is 2.08. The second-order valence-electron chi connectivity index (χ2n) is 4.49. The molecule has 0 heteroatoms. The van der Waals surface area contributed by atoms with E-state index in [-0.39, 0.29) is 0 Å². The van der Waals surface area contributed by atoms with Crippen molar-refractivity contribution < 1.29 is 0 Å². The summed E-state index contributed by atoms with van der Waals surface area (Å²) < 4.78 is 0. The molecule has 0 aromatic heterocycles. The van der Waals surface area contributed by atoms with Crippen LogP contribution >= 0.6 is 0 Å². The summed E-state index contributed by atoms with van der Waals surface area (Å²) in [7, 11) is 0. The molecule has 0 heterocycles. The Morgan fingerprint density at radius 1 is 0.889 bits per heavy atom. The van der Waals surface area contributed by atoms with Crippen molar-refractivity contribution in [2.75, 3.05) is 0 Å². The maximum Gasteiger partial charge on any atom is -0.0227 e. The number of hydrogen-bond acceptors (Lipinski definition) is 0. The van der Waals surface area contributed by atoms with Crippen molar-refractivity contribution in [3.05, 3.63) is 83.4 Å². The molecule has 2 aromatic carbocycles. The van der Waals surface area contributed by atoms with Crippen LogP contribution in [0.15, 0.2) is 66.7 Å². The summed E-state index contributed by atoms with van der Waals surface area (Å²) in [6.07, 6.45) is 6.38. The molecule has 0 saturated heterocycles. The van der Waals surface area contributed by atoms with E-state index >= 15 is 0 Å². The molecule has 2 aromatic rings. The summed E-state index contributed by atoms with van der Waals surface area (Å²) in [6, 6.07) is 19.0. The summed E-state index contributed by atoms with van der Waals surface area (Å²) >= 11 is 0. The minimum atomic E-state index is 1.23. The molecule has 90 valence electrons. The van der Waals surface area contributed by atoms with Crippen LogP contribution < -0.4 is 0 Å². The Morgan fingerprint density at radius 2 is 1.56 bits per heavy atom. The SMILES string of the molecule is CC(=CC=Cc1ccc(C)cc1)c1ccccc1. The van der Waals surface area contributed by atoms with Gasteiger partial charge in [-0.05, 0) is 30.5 Å². The van der Waals surface area contributed by atoms with E-state index in [1.807, 2.05) is 6.07 Å². The Bertz CT molecular complexity index is 542. The monoisotopic (exact) mass is 234 g/mol. The highest BCUT2D eigenvalue weighted by Gasteiger charge is 1.91. The van der Waals surface area contributed by atoms with Crippen molar-refractivity contribution in [2.45, 2.75) is 13.8 Å². The van der Waals surface area contributed by atoms with E-state index in [0.717, 1.165) is 0 Å². The van der Waals surface area contributed by atoms with Gasteiger partial charge in [0, 0.05) is 0 Å². The second-order valence-corrected chi connectivity index (χ2v) is 4.49. The molecule has 0 aliphatic carbocycles. The summed E-state index contributed by atoms with van der Waals surface area (Å²) in [4.78, 5) is 0. The van der Waals surface area contributed by atoms with Crippen molar-refractivity contribution in [1.82, 2.24) is 0 Å². The van der Waals surface area contributed by atoms with Gasteiger partial charge in [0.1, 0.15) is 0 Å². The van der Waals surface area contributed by atoms with E-state index in [1.54, 1.807) is 0 Å². The van der Waals surface area contributed by atoms with Gasteiger partial charge in [0.2, 0.25) is 0 Å². The zero-order chi connectivity index (χ0) is 12.8. The van der Waals surface area contributed by atoms with Crippen molar-refractivity contribution in [2.24, 2.45) is 0 Å². The van der Waals surface area contributed by atoms with Gasteiger partial charge in [0.25, 0.3) is 0 Å². The van der Waals surface area contributed by atoms with E-state index < -0.39 is 0 Å². The molecule has 0 N–H and O–H groups in total. The molecule has 0 nitrogen and oxygen atoms in total. The molecule has 18 heavy (non-hydrogen) atoms. The summed E-state index contributed by atoms with van der Waals surface area (Å²) in [5.41, 5.74) is 5.07. The van der Waals surface area contributed by atoms with E-state index in [2.05, 4.69) is 80.6 Å². The third kappa shape index (κ3) is 3.46. The van der Waals surface area contributed by atoms with Crippen LogP contribution in [0.5, 0.6) is 0 Å². The summed E-state index contributed by atoms with van der Waals surface area (Å²) in [5.74, 6) is 0. The van der Waals surface area contributed by atoms with E-state index in [1.165, 1.54) is 22.3 Å². The van der Waals surface area contributed by atoms with Gasteiger partial charge in [-0.15, -0.1) is 0 Å². The Labute approximate surface area is 109 Å². The normalized spacial score (nSPS) is 12.0. The lowest BCUT2D eigenvalue weighted by atomic mass is 10.1. The molecular weight excluding hydrogens is 216 g/mol. The molecule has 0 radical (unpaired) electrons. The highest BCUT2D eigenvalue weighted by molar-refractivity contribution is 5.67. The minimum absolute atomic E-state index is 1.23. The lowest BCUT2D eigenvalue weighted by Crippen LogP contribution is -1.76. The Morgan fingerprint density at radius 3 is 2.22 bits per heavy atom. The lowest BCUT2D eigenvalue weighted by Gasteiger charge is -1.98. The number of rotatable bonds is 3. The summed E-state index contributed by atoms with van der Waals surface area (Å²) in [6.45, 7) is 4.24. The van der Waals surface area contributed by atoms with Crippen molar-refractivity contribution in [3.8, 4) is 0 Å². The highest BCUT2D eigenvalue weighted by Crippen LogP contribution is 2.13. The van der Waals surface area contributed by atoms with Crippen LogP contribution in [0.2, 0.25) is 0 Å². The smallest absolute Gasteiger partial charge is 0.0227 e. The zero-order valence-electron chi connectivity index (χ0n) is 10.9. The first-order valence-corrected chi connectivity index (χ1v) is 6.23. The number of benzene rings is 2. The highest BCUT2D eigenvalue weighted by atomic mass is 14.0. The summed E-state index contributed by atoms with van der Waals surface area (Å²) in [5, 5.41) is 0. The lowest BCUT2D eigenvalue weighted by molar-refractivity contribution is 1.46. The zero-order valence-corrected chi connectivity index (χ0v) is 10.9. The van der Waals surface area contributed by atoms with Gasteiger partial charge in [-0.25, -0.2) is 0 Å². The number of hydrogen-bond donors (Lipinski definition) is 0. The van der Waals surface area contributed by atoms with Crippen LogP contribution in [-0.2, 0) is 0 Å². The maximum absolute atomic E-state index is 2.15. The van der Waals surface area contributed by atoms with Gasteiger partial charge >= 0.3 is 0 Å². The number of aryl methyl sites for hydroxylation is 1. The quantitative estimate of drug-likeness (QED) is 0.647. The first-order chi connectivity index (χ1) is 8.75. The third-order valence-corrected chi connectivity index (χ3v) is 2.94. The van der Waals surface area contributed by atoms with Gasteiger partial charge in [0.15, 0.2) is 0 Å². The van der Waals surface area contributed by atoms with Crippen LogP contribution in [-0.4, -0.2) is 0 Å². The second kappa shape index (κ2) is 6.02. The van der Waals surface area contributed by atoms with Gasteiger partial charge in [-0.2, -0.15) is 0 Å². The molecule has 0 spiro atoms. The van der Waals surface area contributed by atoms with Gasteiger partial charge in [-0.1, -0.05) is 78.4 Å². The van der Waals surface area contributed by atoms with E-state index in [9.17, 15) is 0 Å². The minimum Gasteiger partial charge on any atom is -0.0622 e. The third-order valence-electron chi connectivity index (χ3n) is 2.94. The first kappa shape index (κ1) is 12.4. The van der Waals surface area contributed by atoms with E-state index in [4.69, 9.17) is 0 Å². The fourth-order valence-electron chi connectivity index (χ4n) is 1.78. The molecule has 0 unspecified atom stereocenters. The van der Waals surface area contributed by atoms with Crippen LogP contribution in [0.4, 0.5) is 0 Å². The van der Waals surface area contributed by atoms with Crippen molar-refractivity contribution in [1.29, 1.82) is 0 Å². The molecule has 0 bridgehead atoms. The van der Waals surface area contributed by atoms with Crippen LogP contribution in [0.3, 0.4) is 0 Å². The predicted octanol–water partition coefficient (Wildman–Crippen LogP) is 5.11. The average molecular weight is 234 g/mol. The molecule has 0 amide bonds.